The maximum Gasteiger partial charge on any atom is 0.122 e. The average Bonchev–Trinajstić information content (AvgIpc) is 2.17. The van der Waals surface area contributed by atoms with Gasteiger partial charge in [-0.25, -0.2) is 0 Å². The topological polar surface area (TPSA) is 9.23 Å². The molecule has 0 unspecified atom stereocenters. The molecule has 1 rings (SSSR count). The smallest absolute Gasteiger partial charge is 0.122 e. The van der Waals surface area contributed by atoms with E-state index in [1.807, 2.05) is 18.2 Å². The number of hydrogen-bond acceptors (Lipinski definition) is 1. The fourth-order valence-corrected chi connectivity index (χ4v) is 1.25. The number of benzene rings is 1. The summed E-state index contributed by atoms with van der Waals surface area (Å²) < 4.78 is 5.61. The van der Waals surface area contributed by atoms with Crippen molar-refractivity contribution in [2.45, 2.75) is 26.2 Å². The van der Waals surface area contributed by atoms with Crippen molar-refractivity contribution in [1.82, 2.24) is 0 Å². The summed E-state index contributed by atoms with van der Waals surface area (Å²) in [6, 6.07) is 8.19. The van der Waals surface area contributed by atoms with E-state index < -0.39 is 0 Å². The molecule has 0 amide bonds. The first-order chi connectivity index (χ1) is 6.38. The molecular weight excluding hydrogens is 344 g/mol. The van der Waals surface area contributed by atoms with Gasteiger partial charge in [0.05, 0.1) is 6.61 Å². The third-order valence-electron chi connectivity index (χ3n) is 1.88. The van der Waals surface area contributed by atoms with E-state index in [-0.39, 0.29) is 21.1 Å². The molecule has 1 nitrogen and oxygen atoms in total. The molecule has 0 N–H and O–H groups in total. The fraction of sp³-hybridized carbons (Fsp3) is 0.417. The Morgan fingerprint density at radius 2 is 2.00 bits per heavy atom. The minimum absolute atomic E-state index is 0. The zero-order chi connectivity index (χ0) is 9.52. The molecule has 0 fully saturated rings. The van der Waals surface area contributed by atoms with Crippen molar-refractivity contribution in [3.05, 3.63) is 36.8 Å². The maximum atomic E-state index is 5.61. The van der Waals surface area contributed by atoms with Crippen LogP contribution in [0.25, 0.3) is 0 Å². The van der Waals surface area contributed by atoms with E-state index in [9.17, 15) is 0 Å². The van der Waals surface area contributed by atoms with Gasteiger partial charge in [0.15, 0.2) is 0 Å². The molecule has 0 bridgehead atoms. The molecule has 2 heteroatoms. The van der Waals surface area contributed by atoms with Crippen LogP contribution < -0.4 is 4.74 Å². The van der Waals surface area contributed by atoms with Gasteiger partial charge in [-0.05, 0) is 18.1 Å². The van der Waals surface area contributed by atoms with Crippen LogP contribution >= 0.6 is 0 Å². The Kier molecular flexibility index (Phi) is 7.89. The van der Waals surface area contributed by atoms with Crippen LogP contribution in [-0.2, 0) is 27.5 Å². The molecule has 0 aliphatic carbocycles. The van der Waals surface area contributed by atoms with Crippen molar-refractivity contribution < 1.29 is 25.8 Å². The molecule has 0 spiro atoms. The van der Waals surface area contributed by atoms with E-state index in [1.165, 1.54) is 5.56 Å². The summed E-state index contributed by atoms with van der Waals surface area (Å²) in [6.45, 7) is 6.76. The first kappa shape index (κ1) is 13.7. The predicted octanol–water partition coefficient (Wildman–Crippen LogP) is 3.24. The van der Waals surface area contributed by atoms with Gasteiger partial charge >= 0.3 is 0 Å². The summed E-state index contributed by atoms with van der Waals surface area (Å²) in [5.41, 5.74) is 1.27. The minimum Gasteiger partial charge on any atom is -0.493 e. The molecule has 1 aromatic carbocycles. The molecule has 0 radical (unpaired) electrons. The van der Waals surface area contributed by atoms with Crippen LogP contribution in [0.4, 0.5) is 0 Å². The van der Waals surface area contributed by atoms with Crippen molar-refractivity contribution in [2.75, 3.05) is 6.61 Å². The monoisotopic (exact) mass is 361 g/mol. The Bertz CT molecular complexity index is 248. The van der Waals surface area contributed by atoms with Gasteiger partial charge in [-0.2, -0.15) is 6.42 Å². The molecule has 0 heterocycles. The van der Waals surface area contributed by atoms with Gasteiger partial charge in [0.25, 0.3) is 0 Å². The van der Waals surface area contributed by atoms with E-state index in [0.29, 0.717) is 0 Å². The summed E-state index contributed by atoms with van der Waals surface area (Å²) in [6.07, 6.45) is 2.98. The normalized spacial score (nSPS) is 9.29. The molecular formula is C12H17OW-. The first-order valence-electron chi connectivity index (χ1n) is 4.88. The second kappa shape index (κ2) is 8.05. The van der Waals surface area contributed by atoms with Crippen LogP contribution in [0, 0.1) is 6.92 Å². The molecule has 0 aliphatic rings. The van der Waals surface area contributed by atoms with Crippen molar-refractivity contribution >= 4 is 0 Å². The van der Waals surface area contributed by atoms with Gasteiger partial charge in [-0.1, -0.05) is 31.5 Å². The van der Waals surface area contributed by atoms with E-state index >= 15 is 0 Å². The van der Waals surface area contributed by atoms with Crippen molar-refractivity contribution in [3.63, 3.8) is 0 Å². The largest absolute Gasteiger partial charge is 0.493 e. The molecule has 78 valence electrons. The molecule has 0 aromatic heterocycles. The summed E-state index contributed by atoms with van der Waals surface area (Å²) in [5.74, 6) is 1.02. The Balaban J connectivity index is 0.00000169. The van der Waals surface area contributed by atoms with Gasteiger partial charge in [0, 0.05) is 21.1 Å². The van der Waals surface area contributed by atoms with Crippen LogP contribution in [0.2, 0.25) is 0 Å². The van der Waals surface area contributed by atoms with Crippen LogP contribution in [0.5, 0.6) is 5.75 Å². The number of rotatable bonds is 5. The van der Waals surface area contributed by atoms with Gasteiger partial charge in [-0.3, -0.25) is 0 Å². The zero-order valence-electron chi connectivity index (χ0n) is 8.66. The average molecular weight is 361 g/mol. The van der Waals surface area contributed by atoms with E-state index in [1.54, 1.807) is 0 Å². The second-order valence-corrected chi connectivity index (χ2v) is 3.06. The summed E-state index contributed by atoms with van der Waals surface area (Å²) in [5, 5.41) is 0. The number of ether oxygens (including phenoxy) is 1. The second-order valence-electron chi connectivity index (χ2n) is 3.06. The van der Waals surface area contributed by atoms with Crippen molar-refractivity contribution in [3.8, 4) is 5.75 Å². The number of aryl methyl sites for hydroxylation is 1. The maximum absolute atomic E-state index is 5.61. The standard InChI is InChI=1S/C12H17O.W/c1-3-7-11-8-5-6-9-12(11)13-10-4-2;/h5-6,8-9H,1,3-4,7,10H2,2H3;/q-1;. The van der Waals surface area contributed by atoms with Crippen LogP contribution in [-0.4, -0.2) is 6.61 Å². The molecule has 0 saturated carbocycles. The number of para-hydroxylation sites is 1. The Labute approximate surface area is 101 Å². The predicted molar refractivity (Wildman–Crippen MR) is 55.9 cm³/mol. The van der Waals surface area contributed by atoms with Gasteiger partial charge in [0.1, 0.15) is 5.75 Å². The van der Waals surface area contributed by atoms with E-state index in [0.717, 1.165) is 31.6 Å². The summed E-state index contributed by atoms with van der Waals surface area (Å²) in [4.78, 5) is 0. The van der Waals surface area contributed by atoms with Gasteiger partial charge in [-0.15, -0.1) is 0 Å². The van der Waals surface area contributed by atoms with Crippen LogP contribution in [0.3, 0.4) is 0 Å². The SMILES string of the molecule is [CH2-]CCc1ccccc1OCCC.[W]. The molecule has 0 atom stereocenters. The Morgan fingerprint density at radius 3 is 2.64 bits per heavy atom. The third kappa shape index (κ3) is 4.28. The summed E-state index contributed by atoms with van der Waals surface area (Å²) in [7, 11) is 0. The molecule has 0 saturated heterocycles. The quantitative estimate of drug-likeness (QED) is 0.732. The molecule has 0 aliphatic heterocycles. The fourth-order valence-electron chi connectivity index (χ4n) is 1.25. The van der Waals surface area contributed by atoms with Crippen LogP contribution in [0.15, 0.2) is 24.3 Å². The number of hydrogen-bond donors (Lipinski definition) is 0. The Hall–Kier alpha value is -0.292. The van der Waals surface area contributed by atoms with Gasteiger partial charge < -0.3 is 11.7 Å². The van der Waals surface area contributed by atoms with E-state index in [4.69, 9.17) is 4.74 Å². The Morgan fingerprint density at radius 1 is 1.29 bits per heavy atom. The van der Waals surface area contributed by atoms with Crippen LogP contribution in [0.1, 0.15) is 25.3 Å². The van der Waals surface area contributed by atoms with Crippen molar-refractivity contribution in [1.29, 1.82) is 0 Å². The van der Waals surface area contributed by atoms with Gasteiger partial charge in [0.2, 0.25) is 0 Å². The third-order valence-corrected chi connectivity index (χ3v) is 1.88. The summed E-state index contributed by atoms with van der Waals surface area (Å²) >= 11 is 0. The molecule has 1 aromatic rings. The minimum atomic E-state index is 0. The van der Waals surface area contributed by atoms with E-state index in [2.05, 4.69) is 19.9 Å². The zero-order valence-corrected chi connectivity index (χ0v) is 11.6. The first-order valence-corrected chi connectivity index (χ1v) is 4.88. The molecule has 14 heavy (non-hydrogen) atoms. The van der Waals surface area contributed by atoms with Crippen molar-refractivity contribution in [2.24, 2.45) is 0 Å².